The Morgan fingerprint density at radius 3 is 2.53 bits per heavy atom. The lowest BCUT2D eigenvalue weighted by molar-refractivity contribution is -0.142. The predicted octanol–water partition coefficient (Wildman–Crippen LogP) is 7.15. The molecular formula is C29H29FO3S. The fourth-order valence-electron chi connectivity index (χ4n) is 5.20. The molecule has 0 aromatic heterocycles. The van der Waals surface area contributed by atoms with E-state index in [2.05, 4.69) is 30.3 Å². The Morgan fingerprint density at radius 1 is 1.09 bits per heavy atom. The van der Waals surface area contributed by atoms with Crippen LogP contribution in [0.4, 0.5) is 4.39 Å². The number of carboxylic acids is 1. The van der Waals surface area contributed by atoms with Crippen molar-refractivity contribution in [2.24, 2.45) is 11.8 Å². The van der Waals surface area contributed by atoms with Crippen LogP contribution in [-0.2, 0) is 11.2 Å². The van der Waals surface area contributed by atoms with Gasteiger partial charge in [-0.1, -0.05) is 43.3 Å². The molecule has 1 aliphatic heterocycles. The van der Waals surface area contributed by atoms with Crippen molar-refractivity contribution in [1.82, 2.24) is 0 Å². The van der Waals surface area contributed by atoms with Crippen LogP contribution in [0, 0.1) is 17.7 Å². The molecule has 0 bridgehead atoms. The van der Waals surface area contributed by atoms with E-state index >= 15 is 0 Å². The van der Waals surface area contributed by atoms with Crippen LogP contribution >= 0.6 is 11.8 Å². The molecule has 1 fully saturated rings. The maximum Gasteiger partial charge on any atom is 0.306 e. The zero-order valence-corrected chi connectivity index (χ0v) is 20.3. The summed E-state index contributed by atoms with van der Waals surface area (Å²) in [5.74, 6) is 1.23. The zero-order valence-electron chi connectivity index (χ0n) is 19.5. The number of aliphatic carboxylic acids is 1. The highest BCUT2D eigenvalue weighted by molar-refractivity contribution is 7.99. The lowest BCUT2D eigenvalue weighted by Crippen LogP contribution is -2.21. The third-order valence-corrected chi connectivity index (χ3v) is 8.58. The number of ether oxygens (including phenoxy) is 1. The van der Waals surface area contributed by atoms with Gasteiger partial charge < -0.3 is 9.84 Å². The fraction of sp³-hybridized carbons (Fsp3) is 0.345. The van der Waals surface area contributed by atoms with E-state index in [1.807, 2.05) is 30.8 Å². The number of carboxylic acid groups (broad SMARTS) is 1. The van der Waals surface area contributed by atoms with Gasteiger partial charge in [0.2, 0.25) is 0 Å². The summed E-state index contributed by atoms with van der Waals surface area (Å²) in [5, 5.41) is 9.64. The summed E-state index contributed by atoms with van der Waals surface area (Å²) in [7, 11) is 1.58. The average molecular weight is 477 g/mol. The number of hydrogen-bond acceptors (Lipinski definition) is 3. The largest absolute Gasteiger partial charge is 0.497 e. The molecule has 3 aromatic rings. The van der Waals surface area contributed by atoms with E-state index in [9.17, 15) is 14.3 Å². The molecule has 1 heterocycles. The van der Waals surface area contributed by atoms with E-state index in [0.29, 0.717) is 23.1 Å². The first kappa shape index (κ1) is 23.0. The number of carbonyl (C=O) groups is 1. The summed E-state index contributed by atoms with van der Waals surface area (Å²) in [6, 6.07) is 19.6. The van der Waals surface area contributed by atoms with Crippen LogP contribution in [-0.4, -0.2) is 23.9 Å². The normalized spacial score (nSPS) is 19.2. The summed E-state index contributed by atoms with van der Waals surface area (Å²) < 4.78 is 19.6. The molecule has 3 nitrogen and oxygen atoms in total. The van der Waals surface area contributed by atoms with E-state index in [4.69, 9.17) is 4.74 Å². The van der Waals surface area contributed by atoms with Crippen LogP contribution in [0.1, 0.15) is 48.3 Å². The number of hydrogen-bond donors (Lipinski definition) is 1. The second kappa shape index (κ2) is 9.46. The maximum absolute atomic E-state index is 14.4. The molecule has 1 N–H and O–H groups in total. The topological polar surface area (TPSA) is 46.5 Å². The van der Waals surface area contributed by atoms with Crippen LogP contribution in [0.15, 0.2) is 65.6 Å². The van der Waals surface area contributed by atoms with Gasteiger partial charge in [-0.25, -0.2) is 4.39 Å². The average Bonchev–Trinajstić information content (AvgIpc) is 3.69. The molecular weight excluding hydrogens is 447 g/mol. The molecule has 176 valence electrons. The maximum atomic E-state index is 14.4. The van der Waals surface area contributed by atoms with E-state index < -0.39 is 5.97 Å². The molecule has 3 aromatic carbocycles. The van der Waals surface area contributed by atoms with Crippen molar-refractivity contribution < 1.29 is 19.0 Å². The van der Waals surface area contributed by atoms with Crippen LogP contribution in [0.25, 0.3) is 11.1 Å². The summed E-state index contributed by atoms with van der Waals surface area (Å²) in [4.78, 5) is 13.0. The molecule has 2 aliphatic rings. The first-order valence-corrected chi connectivity index (χ1v) is 12.9. The number of thioether (sulfide) groups is 1. The molecule has 3 atom stereocenters. The Bertz CT molecular complexity index is 1200. The summed E-state index contributed by atoms with van der Waals surface area (Å²) >= 11 is 1.87. The monoisotopic (exact) mass is 476 g/mol. The van der Waals surface area contributed by atoms with Crippen molar-refractivity contribution in [2.75, 3.05) is 12.9 Å². The third-order valence-electron chi connectivity index (χ3n) is 7.30. The zero-order chi connectivity index (χ0) is 23.8. The lowest BCUT2D eigenvalue weighted by Gasteiger charge is -2.27. The first-order chi connectivity index (χ1) is 16.4. The quantitative estimate of drug-likeness (QED) is 0.393. The molecule has 1 aliphatic carbocycles. The Morgan fingerprint density at radius 2 is 1.85 bits per heavy atom. The Labute approximate surface area is 204 Å². The number of methoxy groups -OCH3 is 1. The van der Waals surface area contributed by atoms with Gasteiger partial charge in [0.05, 0.1) is 13.0 Å². The minimum Gasteiger partial charge on any atom is -0.497 e. The second-order valence-corrected chi connectivity index (χ2v) is 10.6. The lowest BCUT2D eigenvalue weighted by atomic mass is 9.82. The molecule has 0 spiro atoms. The summed E-state index contributed by atoms with van der Waals surface area (Å²) in [5.41, 5.74) is 5.10. The highest BCUT2D eigenvalue weighted by atomic mass is 32.2. The van der Waals surface area contributed by atoms with Gasteiger partial charge in [0.25, 0.3) is 0 Å². The molecule has 5 rings (SSSR count). The van der Waals surface area contributed by atoms with Gasteiger partial charge in [0.15, 0.2) is 0 Å². The van der Waals surface area contributed by atoms with Crippen LogP contribution < -0.4 is 4.74 Å². The Balaban J connectivity index is 1.37. The Hall–Kier alpha value is -2.79. The van der Waals surface area contributed by atoms with Gasteiger partial charge in [0, 0.05) is 16.2 Å². The number of benzene rings is 3. The van der Waals surface area contributed by atoms with Gasteiger partial charge in [-0.05, 0) is 83.5 Å². The minimum atomic E-state index is -0.713. The second-order valence-electron chi connectivity index (χ2n) is 9.54. The van der Waals surface area contributed by atoms with Crippen LogP contribution in [0.2, 0.25) is 0 Å². The molecule has 3 unspecified atom stereocenters. The van der Waals surface area contributed by atoms with Crippen molar-refractivity contribution in [3.05, 3.63) is 83.2 Å². The van der Waals surface area contributed by atoms with Crippen molar-refractivity contribution >= 4 is 17.7 Å². The smallest absolute Gasteiger partial charge is 0.306 e. The molecule has 1 saturated carbocycles. The molecule has 34 heavy (non-hydrogen) atoms. The van der Waals surface area contributed by atoms with Crippen molar-refractivity contribution in [3.8, 4) is 16.9 Å². The Kier molecular flexibility index (Phi) is 6.39. The summed E-state index contributed by atoms with van der Waals surface area (Å²) in [6.45, 7) is 1.84. The van der Waals surface area contributed by atoms with Crippen LogP contribution in [0.5, 0.6) is 5.75 Å². The first-order valence-electron chi connectivity index (χ1n) is 11.9. The molecule has 0 radical (unpaired) electrons. The van der Waals surface area contributed by atoms with E-state index in [1.54, 1.807) is 19.2 Å². The van der Waals surface area contributed by atoms with Gasteiger partial charge in [-0.2, -0.15) is 0 Å². The van der Waals surface area contributed by atoms with Crippen molar-refractivity contribution in [1.29, 1.82) is 0 Å². The van der Waals surface area contributed by atoms with E-state index in [-0.39, 0.29) is 17.7 Å². The SMILES string of the molecule is COc1ccc(F)c(-c2ccc(C3CSc4ccc(C(C5CC5)C(C)C(=O)O)cc4C3)cc2)c1. The third kappa shape index (κ3) is 4.58. The van der Waals surface area contributed by atoms with Crippen molar-refractivity contribution in [2.45, 2.75) is 42.9 Å². The highest BCUT2D eigenvalue weighted by Crippen LogP contribution is 2.48. The molecule has 0 amide bonds. The highest BCUT2D eigenvalue weighted by Gasteiger charge is 2.39. The van der Waals surface area contributed by atoms with E-state index in [0.717, 1.165) is 30.6 Å². The molecule has 5 heteroatoms. The number of rotatable bonds is 7. The van der Waals surface area contributed by atoms with E-state index in [1.165, 1.54) is 27.7 Å². The number of fused-ring (bicyclic) bond motifs is 1. The van der Waals surface area contributed by atoms with Gasteiger partial charge in [-0.3, -0.25) is 4.79 Å². The number of halogens is 1. The molecule has 0 saturated heterocycles. The minimum absolute atomic E-state index is 0.0882. The summed E-state index contributed by atoms with van der Waals surface area (Å²) in [6.07, 6.45) is 3.18. The van der Waals surface area contributed by atoms with Crippen molar-refractivity contribution in [3.63, 3.8) is 0 Å². The standard InChI is InChI=1S/C29H29FO3S/c1-17(29(31)32)28(20-7-8-20)21-9-12-27-22(13-21)14-23(16-34-27)18-3-5-19(6-4-18)25-15-24(33-2)10-11-26(25)30/h3-6,9-13,15,17,20,23,28H,7-8,14,16H2,1-2H3,(H,31,32). The van der Waals surface area contributed by atoms with Gasteiger partial charge in [0.1, 0.15) is 11.6 Å². The predicted molar refractivity (Wildman–Crippen MR) is 134 cm³/mol. The van der Waals surface area contributed by atoms with Gasteiger partial charge >= 0.3 is 5.97 Å². The fourth-order valence-corrected chi connectivity index (χ4v) is 6.38. The van der Waals surface area contributed by atoms with Gasteiger partial charge in [-0.15, -0.1) is 11.8 Å². The van der Waals surface area contributed by atoms with Crippen LogP contribution in [0.3, 0.4) is 0 Å².